The summed E-state index contributed by atoms with van der Waals surface area (Å²) in [6, 6.07) is 5.37. The highest BCUT2D eigenvalue weighted by atomic mass is 16.5. The molecule has 1 aromatic rings. The lowest BCUT2D eigenvalue weighted by Gasteiger charge is -2.10. The molecule has 114 valence electrons. The van der Waals surface area contributed by atoms with Gasteiger partial charge in [-0.2, -0.15) is 0 Å². The van der Waals surface area contributed by atoms with E-state index in [-0.39, 0.29) is 18.4 Å². The van der Waals surface area contributed by atoms with Gasteiger partial charge in [0.1, 0.15) is 0 Å². The molecule has 21 heavy (non-hydrogen) atoms. The van der Waals surface area contributed by atoms with Crippen molar-refractivity contribution in [2.75, 3.05) is 34.9 Å². The fourth-order valence-corrected chi connectivity index (χ4v) is 1.59. The summed E-state index contributed by atoms with van der Waals surface area (Å²) < 4.78 is 10.4. The summed E-state index contributed by atoms with van der Waals surface area (Å²) in [7, 11) is 6.34. The molecule has 0 saturated heterocycles. The molecule has 0 saturated carbocycles. The topological polar surface area (TPSA) is 67.9 Å². The molecule has 6 nitrogen and oxygen atoms in total. The largest absolute Gasteiger partial charge is 0.493 e. The molecular weight excluding hydrogens is 272 g/mol. The van der Waals surface area contributed by atoms with E-state index < -0.39 is 0 Å². The van der Waals surface area contributed by atoms with Gasteiger partial charge in [-0.05, 0) is 12.1 Å². The Morgan fingerprint density at radius 2 is 1.95 bits per heavy atom. The van der Waals surface area contributed by atoms with E-state index in [2.05, 4.69) is 5.32 Å². The summed E-state index contributed by atoms with van der Waals surface area (Å²) in [5, 5.41) is 2.51. The third-order valence-electron chi connectivity index (χ3n) is 2.76. The molecule has 0 aliphatic heterocycles. The monoisotopic (exact) mass is 292 g/mol. The molecule has 0 aromatic heterocycles. The van der Waals surface area contributed by atoms with E-state index in [1.807, 2.05) is 0 Å². The van der Waals surface area contributed by atoms with Crippen LogP contribution in [0.5, 0.6) is 11.5 Å². The SMILES string of the molecule is COc1cccc(/C=C/C(=O)NCC(=O)N(C)C)c1OC. The Bertz CT molecular complexity index is 538. The average Bonchev–Trinajstić information content (AvgIpc) is 2.49. The van der Waals surface area contributed by atoms with Crippen LogP contribution in [-0.2, 0) is 9.59 Å². The van der Waals surface area contributed by atoms with Gasteiger partial charge in [-0.3, -0.25) is 9.59 Å². The number of benzene rings is 1. The van der Waals surface area contributed by atoms with Crippen molar-refractivity contribution in [3.8, 4) is 11.5 Å². The lowest BCUT2D eigenvalue weighted by atomic mass is 10.1. The molecule has 0 bridgehead atoms. The Kier molecular flexibility index (Phi) is 6.26. The molecule has 0 spiro atoms. The minimum Gasteiger partial charge on any atom is -0.493 e. The standard InChI is InChI=1S/C15H20N2O4/c1-17(2)14(19)10-16-13(18)9-8-11-6-5-7-12(20-3)15(11)21-4/h5-9H,10H2,1-4H3,(H,16,18)/b9-8+. The molecule has 1 rings (SSSR count). The Morgan fingerprint density at radius 3 is 2.52 bits per heavy atom. The van der Waals surface area contributed by atoms with Crippen LogP contribution >= 0.6 is 0 Å². The number of methoxy groups -OCH3 is 2. The maximum atomic E-state index is 11.7. The average molecular weight is 292 g/mol. The fraction of sp³-hybridized carbons (Fsp3) is 0.333. The third-order valence-corrected chi connectivity index (χ3v) is 2.76. The van der Waals surface area contributed by atoms with Crippen LogP contribution in [0.4, 0.5) is 0 Å². The van der Waals surface area contributed by atoms with Crippen molar-refractivity contribution in [2.45, 2.75) is 0 Å². The molecule has 0 aliphatic carbocycles. The molecule has 2 amide bonds. The second-order valence-corrected chi connectivity index (χ2v) is 4.42. The highest BCUT2D eigenvalue weighted by Crippen LogP contribution is 2.31. The molecule has 0 atom stereocenters. The molecule has 0 aliphatic rings. The van der Waals surface area contributed by atoms with Gasteiger partial charge >= 0.3 is 0 Å². The smallest absolute Gasteiger partial charge is 0.244 e. The van der Waals surface area contributed by atoms with Gasteiger partial charge in [0, 0.05) is 25.7 Å². The molecule has 6 heteroatoms. The van der Waals surface area contributed by atoms with Gasteiger partial charge < -0.3 is 19.7 Å². The van der Waals surface area contributed by atoms with E-state index in [1.54, 1.807) is 45.5 Å². The van der Waals surface area contributed by atoms with Crippen LogP contribution in [0.2, 0.25) is 0 Å². The number of carbonyl (C=O) groups excluding carboxylic acids is 2. The summed E-state index contributed by atoms with van der Waals surface area (Å²) in [6.07, 6.45) is 2.96. The number of likely N-dealkylation sites (N-methyl/N-ethyl adjacent to an activating group) is 1. The normalized spacial score (nSPS) is 10.3. The van der Waals surface area contributed by atoms with E-state index in [1.165, 1.54) is 18.1 Å². The van der Waals surface area contributed by atoms with Crippen LogP contribution in [0.1, 0.15) is 5.56 Å². The zero-order chi connectivity index (χ0) is 15.8. The first kappa shape index (κ1) is 16.6. The summed E-state index contributed by atoms with van der Waals surface area (Å²) >= 11 is 0. The van der Waals surface area contributed by atoms with E-state index in [4.69, 9.17) is 9.47 Å². The van der Waals surface area contributed by atoms with Gasteiger partial charge in [-0.25, -0.2) is 0 Å². The van der Waals surface area contributed by atoms with E-state index in [9.17, 15) is 9.59 Å². The molecule has 0 unspecified atom stereocenters. The number of amides is 2. The van der Waals surface area contributed by atoms with Crippen molar-refractivity contribution in [1.29, 1.82) is 0 Å². The van der Waals surface area contributed by atoms with E-state index >= 15 is 0 Å². The fourth-order valence-electron chi connectivity index (χ4n) is 1.59. The molecule has 1 N–H and O–H groups in total. The van der Waals surface area contributed by atoms with Crippen LogP contribution in [0.3, 0.4) is 0 Å². The van der Waals surface area contributed by atoms with Crippen molar-refractivity contribution in [1.82, 2.24) is 10.2 Å². The molecular formula is C15H20N2O4. The first-order chi connectivity index (χ1) is 9.99. The minimum atomic E-state index is -0.352. The lowest BCUT2D eigenvalue weighted by Crippen LogP contribution is -2.35. The zero-order valence-electron chi connectivity index (χ0n) is 12.7. The Labute approximate surface area is 124 Å². The number of carbonyl (C=O) groups is 2. The van der Waals surface area contributed by atoms with Crippen molar-refractivity contribution in [3.05, 3.63) is 29.8 Å². The Balaban J connectivity index is 2.72. The summed E-state index contributed by atoms with van der Waals surface area (Å²) in [5.41, 5.74) is 0.714. The summed E-state index contributed by atoms with van der Waals surface area (Å²) in [5.74, 6) is 0.613. The number of rotatable bonds is 6. The second-order valence-electron chi connectivity index (χ2n) is 4.42. The number of nitrogens with one attached hydrogen (secondary N) is 1. The van der Waals surface area contributed by atoms with Gasteiger partial charge in [0.05, 0.1) is 20.8 Å². The predicted molar refractivity (Wildman–Crippen MR) is 80.3 cm³/mol. The molecule has 0 radical (unpaired) electrons. The predicted octanol–water partition coefficient (Wildman–Crippen LogP) is 0.921. The molecule has 0 heterocycles. The third kappa shape index (κ3) is 4.83. The maximum Gasteiger partial charge on any atom is 0.244 e. The van der Waals surface area contributed by atoms with Crippen LogP contribution in [0, 0.1) is 0 Å². The van der Waals surface area contributed by atoms with Crippen LogP contribution in [-0.4, -0.2) is 51.6 Å². The van der Waals surface area contributed by atoms with Crippen molar-refractivity contribution < 1.29 is 19.1 Å². The van der Waals surface area contributed by atoms with E-state index in [0.717, 1.165) is 0 Å². The number of hydrogen-bond acceptors (Lipinski definition) is 4. The van der Waals surface area contributed by atoms with Gasteiger partial charge in [0.15, 0.2) is 11.5 Å². The highest BCUT2D eigenvalue weighted by molar-refractivity contribution is 5.94. The van der Waals surface area contributed by atoms with Crippen molar-refractivity contribution in [2.24, 2.45) is 0 Å². The van der Waals surface area contributed by atoms with Gasteiger partial charge in [-0.15, -0.1) is 0 Å². The van der Waals surface area contributed by atoms with Crippen LogP contribution < -0.4 is 14.8 Å². The minimum absolute atomic E-state index is 0.0363. The second kappa shape index (κ2) is 7.94. The van der Waals surface area contributed by atoms with E-state index in [0.29, 0.717) is 17.1 Å². The highest BCUT2D eigenvalue weighted by Gasteiger charge is 2.08. The summed E-state index contributed by atoms with van der Waals surface area (Å²) in [6.45, 7) is -0.0363. The van der Waals surface area contributed by atoms with Crippen molar-refractivity contribution in [3.63, 3.8) is 0 Å². The Morgan fingerprint density at radius 1 is 1.24 bits per heavy atom. The van der Waals surface area contributed by atoms with Gasteiger partial charge in [-0.1, -0.05) is 12.1 Å². The number of ether oxygens (including phenoxy) is 2. The number of hydrogen-bond donors (Lipinski definition) is 1. The number of para-hydroxylation sites is 1. The molecule has 1 aromatic carbocycles. The summed E-state index contributed by atoms with van der Waals surface area (Å²) in [4.78, 5) is 24.4. The lowest BCUT2D eigenvalue weighted by molar-refractivity contribution is -0.129. The van der Waals surface area contributed by atoms with Crippen LogP contribution in [0.15, 0.2) is 24.3 Å². The zero-order valence-corrected chi connectivity index (χ0v) is 12.7. The van der Waals surface area contributed by atoms with Crippen LogP contribution in [0.25, 0.3) is 6.08 Å². The maximum absolute atomic E-state index is 11.7. The van der Waals surface area contributed by atoms with Crippen molar-refractivity contribution >= 4 is 17.9 Å². The molecule has 0 fully saturated rings. The quantitative estimate of drug-likeness (QED) is 0.792. The first-order valence-corrected chi connectivity index (χ1v) is 6.36. The van der Waals surface area contributed by atoms with Gasteiger partial charge in [0.2, 0.25) is 11.8 Å². The Hall–Kier alpha value is -2.50. The number of nitrogens with zero attached hydrogens (tertiary/aromatic N) is 1. The first-order valence-electron chi connectivity index (χ1n) is 6.36. The van der Waals surface area contributed by atoms with Gasteiger partial charge in [0.25, 0.3) is 0 Å².